The fraction of sp³-hybridized carbons (Fsp3) is 0.273. The van der Waals surface area contributed by atoms with Crippen molar-refractivity contribution in [3.05, 3.63) is 29.4 Å². The summed E-state index contributed by atoms with van der Waals surface area (Å²) in [6.07, 6.45) is 3.42. The lowest BCUT2D eigenvalue weighted by molar-refractivity contribution is 0.0996. The lowest BCUT2D eigenvalue weighted by Gasteiger charge is -2.00. The summed E-state index contributed by atoms with van der Waals surface area (Å²) >= 11 is 0. The molecule has 8 nitrogen and oxygen atoms in total. The topological polar surface area (TPSA) is 127 Å². The molecule has 0 aliphatic heterocycles. The van der Waals surface area contributed by atoms with Gasteiger partial charge in [0.15, 0.2) is 5.69 Å². The Kier molecular flexibility index (Phi) is 2.55. The predicted octanol–water partition coefficient (Wildman–Crippen LogP) is 0.626. The molecule has 0 radical (unpaired) electrons. The SMILES string of the molecule is NC(=O)c1[nH]ncc1NC(=O)c1cc(C2CC2)on1. The van der Waals surface area contributed by atoms with Gasteiger partial charge in [-0.1, -0.05) is 5.16 Å². The maximum Gasteiger partial charge on any atom is 0.277 e. The maximum absolute atomic E-state index is 11.9. The minimum absolute atomic E-state index is 0.0410. The van der Waals surface area contributed by atoms with E-state index >= 15 is 0 Å². The monoisotopic (exact) mass is 261 g/mol. The van der Waals surface area contributed by atoms with Gasteiger partial charge in [0.05, 0.1) is 11.9 Å². The molecule has 4 N–H and O–H groups in total. The highest BCUT2D eigenvalue weighted by Gasteiger charge is 2.29. The first-order chi connectivity index (χ1) is 9.15. The summed E-state index contributed by atoms with van der Waals surface area (Å²) in [4.78, 5) is 23.0. The zero-order valence-corrected chi connectivity index (χ0v) is 9.84. The van der Waals surface area contributed by atoms with E-state index in [2.05, 4.69) is 20.7 Å². The van der Waals surface area contributed by atoms with Gasteiger partial charge < -0.3 is 15.6 Å². The van der Waals surface area contributed by atoms with Crippen LogP contribution in [-0.2, 0) is 0 Å². The molecule has 3 rings (SSSR count). The maximum atomic E-state index is 11.9. The lowest BCUT2D eigenvalue weighted by atomic mass is 10.2. The van der Waals surface area contributed by atoms with Crippen LogP contribution < -0.4 is 11.1 Å². The van der Waals surface area contributed by atoms with Crippen LogP contribution in [0.25, 0.3) is 0 Å². The van der Waals surface area contributed by atoms with Gasteiger partial charge in [0, 0.05) is 12.0 Å². The van der Waals surface area contributed by atoms with Gasteiger partial charge in [-0.25, -0.2) is 0 Å². The molecule has 2 heterocycles. The van der Waals surface area contributed by atoms with Crippen LogP contribution in [0.2, 0.25) is 0 Å². The standard InChI is InChI=1S/C11H11N5O3/c12-10(17)9-7(4-13-15-9)14-11(18)6-3-8(19-16-6)5-1-2-5/h3-5H,1-2H2,(H2,12,17)(H,13,15)(H,14,18). The average Bonchev–Trinajstić information content (AvgIpc) is 2.92. The second-order valence-corrected chi connectivity index (χ2v) is 4.37. The largest absolute Gasteiger partial charge is 0.364 e. The molecule has 1 saturated carbocycles. The van der Waals surface area contributed by atoms with Crippen molar-refractivity contribution in [2.75, 3.05) is 5.32 Å². The van der Waals surface area contributed by atoms with Crippen molar-refractivity contribution >= 4 is 17.5 Å². The molecule has 1 aliphatic carbocycles. The molecule has 98 valence electrons. The number of aromatic amines is 1. The van der Waals surface area contributed by atoms with Crippen LogP contribution in [0.15, 0.2) is 16.8 Å². The highest BCUT2D eigenvalue weighted by atomic mass is 16.5. The molecule has 0 aromatic carbocycles. The summed E-state index contributed by atoms with van der Waals surface area (Å²) in [7, 11) is 0. The zero-order chi connectivity index (χ0) is 13.4. The van der Waals surface area contributed by atoms with E-state index in [-0.39, 0.29) is 17.1 Å². The highest BCUT2D eigenvalue weighted by molar-refractivity contribution is 6.06. The van der Waals surface area contributed by atoms with Crippen molar-refractivity contribution in [3.63, 3.8) is 0 Å². The third kappa shape index (κ3) is 2.19. The Morgan fingerprint density at radius 3 is 2.95 bits per heavy atom. The van der Waals surface area contributed by atoms with E-state index in [4.69, 9.17) is 10.3 Å². The zero-order valence-electron chi connectivity index (χ0n) is 9.84. The molecule has 8 heteroatoms. The molecule has 0 unspecified atom stereocenters. The molecule has 0 spiro atoms. The van der Waals surface area contributed by atoms with Crippen molar-refractivity contribution in [1.29, 1.82) is 0 Å². The summed E-state index contributed by atoms with van der Waals surface area (Å²) < 4.78 is 5.08. The number of rotatable bonds is 4. The molecule has 0 saturated heterocycles. The van der Waals surface area contributed by atoms with Gasteiger partial charge in [0.1, 0.15) is 11.5 Å². The number of hydrogen-bond donors (Lipinski definition) is 3. The first-order valence-electron chi connectivity index (χ1n) is 5.76. The van der Waals surface area contributed by atoms with E-state index in [1.165, 1.54) is 6.20 Å². The van der Waals surface area contributed by atoms with Crippen LogP contribution in [0.1, 0.15) is 45.5 Å². The van der Waals surface area contributed by atoms with Crippen molar-refractivity contribution in [2.24, 2.45) is 5.73 Å². The number of primary amides is 1. The van der Waals surface area contributed by atoms with Crippen LogP contribution in [0.3, 0.4) is 0 Å². The summed E-state index contributed by atoms with van der Waals surface area (Å²) in [6.45, 7) is 0. The summed E-state index contributed by atoms with van der Waals surface area (Å²) in [6, 6.07) is 1.61. The number of aromatic nitrogens is 3. The normalized spacial score (nSPS) is 14.3. The van der Waals surface area contributed by atoms with Crippen LogP contribution in [0.5, 0.6) is 0 Å². The second kappa shape index (κ2) is 4.23. The number of amides is 2. The molecule has 2 aromatic rings. The summed E-state index contributed by atoms with van der Waals surface area (Å²) in [5.41, 5.74) is 5.55. The van der Waals surface area contributed by atoms with Gasteiger partial charge in [0.2, 0.25) is 0 Å². The van der Waals surface area contributed by atoms with E-state index in [1.54, 1.807) is 6.07 Å². The van der Waals surface area contributed by atoms with Crippen LogP contribution in [0, 0.1) is 0 Å². The second-order valence-electron chi connectivity index (χ2n) is 4.37. The van der Waals surface area contributed by atoms with Crippen molar-refractivity contribution < 1.29 is 14.1 Å². The Morgan fingerprint density at radius 1 is 1.47 bits per heavy atom. The smallest absolute Gasteiger partial charge is 0.277 e. The number of hydrogen-bond acceptors (Lipinski definition) is 5. The minimum atomic E-state index is -0.702. The fourth-order valence-electron chi connectivity index (χ4n) is 1.71. The molecular weight excluding hydrogens is 250 g/mol. The summed E-state index contributed by atoms with van der Waals surface area (Å²) in [5, 5.41) is 12.3. The predicted molar refractivity (Wildman–Crippen MR) is 63.5 cm³/mol. The Hall–Kier alpha value is -2.64. The third-order valence-electron chi connectivity index (χ3n) is 2.87. The molecule has 2 aromatic heterocycles. The molecule has 2 amide bonds. The van der Waals surface area contributed by atoms with E-state index in [1.807, 2.05) is 0 Å². The number of nitrogens with one attached hydrogen (secondary N) is 2. The van der Waals surface area contributed by atoms with Crippen LogP contribution in [0.4, 0.5) is 5.69 Å². The number of H-pyrrole nitrogens is 1. The van der Waals surface area contributed by atoms with Crippen LogP contribution >= 0.6 is 0 Å². The van der Waals surface area contributed by atoms with Gasteiger partial charge >= 0.3 is 0 Å². The summed E-state index contributed by atoms with van der Waals surface area (Å²) in [5.74, 6) is -0.0807. The minimum Gasteiger partial charge on any atom is -0.364 e. The molecule has 0 atom stereocenters. The third-order valence-corrected chi connectivity index (χ3v) is 2.87. The molecule has 1 aliphatic rings. The van der Waals surface area contributed by atoms with E-state index in [9.17, 15) is 9.59 Å². The van der Waals surface area contributed by atoms with E-state index < -0.39 is 11.8 Å². The van der Waals surface area contributed by atoms with Crippen molar-refractivity contribution in [3.8, 4) is 0 Å². The Morgan fingerprint density at radius 2 is 2.26 bits per heavy atom. The first-order valence-corrected chi connectivity index (χ1v) is 5.76. The number of carbonyl (C=O) groups is 2. The molecular formula is C11H11N5O3. The Labute approximate surface area is 107 Å². The number of nitrogens with zero attached hydrogens (tertiary/aromatic N) is 2. The molecule has 19 heavy (non-hydrogen) atoms. The van der Waals surface area contributed by atoms with Crippen LogP contribution in [-0.4, -0.2) is 27.2 Å². The van der Waals surface area contributed by atoms with Gasteiger partial charge in [-0.15, -0.1) is 0 Å². The first kappa shape index (κ1) is 11.5. The number of nitrogens with two attached hydrogens (primary N) is 1. The lowest BCUT2D eigenvalue weighted by Crippen LogP contribution is -2.18. The Bertz CT molecular complexity index is 640. The Balaban J connectivity index is 1.76. The van der Waals surface area contributed by atoms with Crippen molar-refractivity contribution in [2.45, 2.75) is 18.8 Å². The van der Waals surface area contributed by atoms with Gasteiger partial charge in [0.25, 0.3) is 11.8 Å². The van der Waals surface area contributed by atoms with E-state index in [0.29, 0.717) is 11.7 Å². The number of anilines is 1. The highest BCUT2D eigenvalue weighted by Crippen LogP contribution is 2.40. The molecule has 1 fully saturated rings. The van der Waals surface area contributed by atoms with Crippen molar-refractivity contribution in [1.82, 2.24) is 15.4 Å². The molecule has 0 bridgehead atoms. The fourth-order valence-corrected chi connectivity index (χ4v) is 1.71. The van der Waals surface area contributed by atoms with E-state index in [0.717, 1.165) is 12.8 Å². The number of carbonyl (C=O) groups excluding carboxylic acids is 2. The average molecular weight is 261 g/mol. The van der Waals surface area contributed by atoms with Gasteiger partial charge in [-0.3, -0.25) is 14.7 Å². The quantitative estimate of drug-likeness (QED) is 0.743. The van der Waals surface area contributed by atoms with Gasteiger partial charge in [-0.05, 0) is 12.8 Å². The van der Waals surface area contributed by atoms with Gasteiger partial charge in [-0.2, -0.15) is 5.10 Å².